The van der Waals surface area contributed by atoms with E-state index in [2.05, 4.69) is 36.9 Å². The lowest BCUT2D eigenvalue weighted by Crippen LogP contribution is -2.36. The van der Waals surface area contributed by atoms with Crippen molar-refractivity contribution >= 4 is 30.7 Å². The number of carbonyl (C=O) groups excluding carboxylic acids is 2. The van der Waals surface area contributed by atoms with Gasteiger partial charge in [0.05, 0.1) is 31.1 Å². The molecule has 3 aromatic rings. The van der Waals surface area contributed by atoms with E-state index < -0.39 is 19.9 Å². The zero-order chi connectivity index (χ0) is 29.4. The van der Waals surface area contributed by atoms with Crippen molar-refractivity contribution in [2.75, 3.05) is 13.2 Å². The van der Waals surface area contributed by atoms with Crippen LogP contribution in [0.1, 0.15) is 55.8 Å². The third-order valence-electron chi connectivity index (χ3n) is 7.94. The molecule has 1 heterocycles. The molecule has 0 radical (unpaired) electrons. The second-order valence-electron chi connectivity index (χ2n) is 12.3. The first kappa shape index (κ1) is 30.6. The standard InChI is InChI=1S/C32H43N3O5Si/c1-5-6-7-10-19-39-25-16-13-23(14-17-25)30(36)27-18-15-24(29(27)32(38)40-20-21-41(2,3)4)22-35-31(37)26-11-8-9-12-28(26)33-34-35/h8-9,11-14,16-17,24,27,29H,5-7,10,15,18-22H2,1-4H3/t24-,27-,29-/m0/s1. The number of benzene rings is 2. The summed E-state index contributed by atoms with van der Waals surface area (Å²) in [5.74, 6) is -1.15. The molecular weight excluding hydrogens is 534 g/mol. The monoisotopic (exact) mass is 577 g/mol. The molecule has 41 heavy (non-hydrogen) atoms. The first-order chi connectivity index (χ1) is 19.7. The van der Waals surface area contributed by atoms with E-state index >= 15 is 0 Å². The summed E-state index contributed by atoms with van der Waals surface area (Å²) in [6.45, 7) is 10.1. The lowest BCUT2D eigenvalue weighted by atomic mass is 9.84. The van der Waals surface area contributed by atoms with Crippen molar-refractivity contribution in [2.24, 2.45) is 17.8 Å². The predicted octanol–water partition coefficient (Wildman–Crippen LogP) is 6.16. The Bertz CT molecular complexity index is 1380. The van der Waals surface area contributed by atoms with E-state index in [1.165, 1.54) is 17.5 Å². The minimum Gasteiger partial charge on any atom is -0.494 e. The lowest BCUT2D eigenvalue weighted by Gasteiger charge is -2.24. The van der Waals surface area contributed by atoms with E-state index in [0.717, 1.165) is 24.6 Å². The Hall–Kier alpha value is -3.33. The Balaban J connectivity index is 1.51. The summed E-state index contributed by atoms with van der Waals surface area (Å²) in [4.78, 5) is 40.4. The zero-order valence-corrected chi connectivity index (χ0v) is 25.8. The minimum atomic E-state index is -1.41. The molecule has 0 bridgehead atoms. The van der Waals surface area contributed by atoms with Gasteiger partial charge in [-0.1, -0.05) is 63.2 Å². The Morgan fingerprint density at radius 2 is 1.73 bits per heavy atom. The third-order valence-corrected chi connectivity index (χ3v) is 9.64. The summed E-state index contributed by atoms with van der Waals surface area (Å²) in [6, 6.07) is 15.1. The Morgan fingerprint density at radius 3 is 2.46 bits per heavy atom. The number of ether oxygens (including phenoxy) is 2. The minimum absolute atomic E-state index is 0.0777. The summed E-state index contributed by atoms with van der Waals surface area (Å²) in [7, 11) is -1.41. The average Bonchev–Trinajstić information content (AvgIpc) is 3.37. The largest absolute Gasteiger partial charge is 0.494 e. The number of unbranched alkanes of at least 4 members (excludes halogenated alkanes) is 3. The van der Waals surface area contributed by atoms with Gasteiger partial charge in [0.1, 0.15) is 11.3 Å². The molecule has 1 fully saturated rings. The lowest BCUT2D eigenvalue weighted by molar-refractivity contribution is -0.150. The van der Waals surface area contributed by atoms with Gasteiger partial charge in [-0.05, 0) is 67.6 Å². The smallest absolute Gasteiger partial charge is 0.310 e. The van der Waals surface area contributed by atoms with Crippen LogP contribution >= 0.6 is 0 Å². The summed E-state index contributed by atoms with van der Waals surface area (Å²) < 4.78 is 12.9. The Kier molecular flexibility index (Phi) is 10.5. The number of aromatic nitrogens is 3. The normalized spacial score (nSPS) is 18.9. The molecule has 1 aliphatic carbocycles. The van der Waals surface area contributed by atoms with Gasteiger partial charge in [0.2, 0.25) is 0 Å². The highest BCUT2D eigenvalue weighted by molar-refractivity contribution is 6.76. The van der Waals surface area contributed by atoms with Crippen LogP contribution in [0.15, 0.2) is 53.3 Å². The van der Waals surface area contributed by atoms with Crippen LogP contribution in [0.2, 0.25) is 25.7 Å². The molecule has 9 heteroatoms. The Labute approximate surface area is 243 Å². The second kappa shape index (κ2) is 14.0. The van der Waals surface area contributed by atoms with Crippen LogP contribution in [0.4, 0.5) is 0 Å². The van der Waals surface area contributed by atoms with E-state index in [0.29, 0.717) is 42.5 Å². The average molecular weight is 578 g/mol. The van der Waals surface area contributed by atoms with Crippen molar-refractivity contribution in [3.8, 4) is 5.75 Å². The molecule has 1 saturated carbocycles. The van der Waals surface area contributed by atoms with Crippen LogP contribution in [0, 0.1) is 17.8 Å². The first-order valence-electron chi connectivity index (χ1n) is 14.9. The molecule has 1 aliphatic rings. The van der Waals surface area contributed by atoms with Gasteiger partial charge in [0, 0.05) is 19.6 Å². The number of carbonyl (C=O) groups is 2. The van der Waals surface area contributed by atoms with Gasteiger partial charge in [-0.15, -0.1) is 5.10 Å². The van der Waals surface area contributed by atoms with Crippen molar-refractivity contribution in [1.29, 1.82) is 0 Å². The molecule has 0 spiro atoms. The molecule has 1 aromatic heterocycles. The van der Waals surface area contributed by atoms with E-state index in [4.69, 9.17) is 9.47 Å². The van der Waals surface area contributed by atoms with Gasteiger partial charge in [0.25, 0.3) is 5.56 Å². The van der Waals surface area contributed by atoms with Crippen LogP contribution in [0.25, 0.3) is 10.9 Å². The molecule has 3 atom stereocenters. The van der Waals surface area contributed by atoms with Crippen LogP contribution in [-0.4, -0.2) is 48.0 Å². The molecule has 0 aliphatic heterocycles. The van der Waals surface area contributed by atoms with Crippen molar-refractivity contribution in [3.05, 3.63) is 64.4 Å². The molecule has 0 N–H and O–H groups in total. The fourth-order valence-corrected chi connectivity index (χ4v) is 6.22. The van der Waals surface area contributed by atoms with E-state index in [1.807, 2.05) is 18.2 Å². The van der Waals surface area contributed by atoms with Crippen molar-refractivity contribution < 1.29 is 19.1 Å². The van der Waals surface area contributed by atoms with E-state index in [9.17, 15) is 14.4 Å². The van der Waals surface area contributed by atoms with Crippen molar-refractivity contribution in [1.82, 2.24) is 15.0 Å². The zero-order valence-electron chi connectivity index (χ0n) is 24.8. The molecule has 2 aromatic carbocycles. The van der Waals surface area contributed by atoms with Crippen LogP contribution in [0.5, 0.6) is 5.75 Å². The summed E-state index contributed by atoms with van der Waals surface area (Å²) in [6.07, 6.45) is 5.68. The number of hydrogen-bond donors (Lipinski definition) is 0. The SMILES string of the molecule is CCCCCCOc1ccc(C(=O)[C@H]2CC[C@@H](Cn3nnc4ccccc4c3=O)[C@@H]2C(=O)OCC[Si](C)(C)C)cc1. The first-order valence-corrected chi connectivity index (χ1v) is 18.6. The van der Waals surface area contributed by atoms with Gasteiger partial charge >= 0.3 is 5.97 Å². The quantitative estimate of drug-likeness (QED) is 0.0979. The number of Topliss-reactive ketones (excluding diaryl/α,β-unsaturated/α-hetero) is 1. The molecule has 0 unspecified atom stereocenters. The highest BCUT2D eigenvalue weighted by Gasteiger charge is 2.46. The van der Waals surface area contributed by atoms with Gasteiger partial charge in [-0.2, -0.15) is 0 Å². The van der Waals surface area contributed by atoms with Crippen LogP contribution < -0.4 is 10.3 Å². The number of fused-ring (bicyclic) bond motifs is 1. The summed E-state index contributed by atoms with van der Waals surface area (Å²) >= 11 is 0. The fraction of sp³-hybridized carbons (Fsp3) is 0.531. The maximum absolute atomic E-state index is 13.7. The number of rotatable bonds is 14. The fourth-order valence-electron chi connectivity index (χ4n) is 5.50. The molecule has 0 amide bonds. The maximum Gasteiger partial charge on any atom is 0.310 e. The van der Waals surface area contributed by atoms with E-state index in [1.54, 1.807) is 30.3 Å². The van der Waals surface area contributed by atoms with Gasteiger partial charge in [0.15, 0.2) is 5.78 Å². The summed E-state index contributed by atoms with van der Waals surface area (Å²) in [5.41, 5.74) is 0.835. The highest BCUT2D eigenvalue weighted by Crippen LogP contribution is 2.41. The van der Waals surface area contributed by atoms with Crippen LogP contribution in [0.3, 0.4) is 0 Å². The number of nitrogens with zero attached hydrogens (tertiary/aromatic N) is 3. The number of esters is 1. The van der Waals surface area contributed by atoms with E-state index in [-0.39, 0.29) is 29.8 Å². The topological polar surface area (TPSA) is 100 Å². The van der Waals surface area contributed by atoms with Crippen molar-refractivity contribution in [2.45, 2.75) is 77.7 Å². The summed E-state index contributed by atoms with van der Waals surface area (Å²) in [5, 5.41) is 8.83. The molecule has 220 valence electrons. The number of hydrogen-bond acceptors (Lipinski definition) is 7. The van der Waals surface area contributed by atoms with Crippen LogP contribution in [-0.2, 0) is 16.1 Å². The predicted molar refractivity (Wildman–Crippen MR) is 163 cm³/mol. The third kappa shape index (κ3) is 8.12. The maximum atomic E-state index is 13.7. The molecular formula is C32H43N3O5Si. The molecule has 0 saturated heterocycles. The van der Waals surface area contributed by atoms with Gasteiger partial charge in [-0.25, -0.2) is 4.68 Å². The Morgan fingerprint density at radius 1 is 0.976 bits per heavy atom. The van der Waals surface area contributed by atoms with Gasteiger partial charge < -0.3 is 9.47 Å². The number of ketones is 1. The van der Waals surface area contributed by atoms with Gasteiger partial charge in [-0.3, -0.25) is 14.4 Å². The molecule has 8 nitrogen and oxygen atoms in total. The van der Waals surface area contributed by atoms with Crippen molar-refractivity contribution in [3.63, 3.8) is 0 Å². The highest BCUT2D eigenvalue weighted by atomic mass is 28.3. The molecule has 4 rings (SSSR count). The second-order valence-corrected chi connectivity index (χ2v) is 18.0.